The highest BCUT2D eigenvalue weighted by molar-refractivity contribution is 5.31. The summed E-state index contributed by atoms with van der Waals surface area (Å²) in [5.41, 5.74) is 2.34. The van der Waals surface area contributed by atoms with Crippen molar-refractivity contribution in [3.05, 3.63) is 17.5 Å². The first-order valence-corrected chi connectivity index (χ1v) is 4.88. The topological polar surface area (TPSA) is 37.8 Å². The van der Waals surface area contributed by atoms with Crippen molar-refractivity contribution in [3.63, 3.8) is 0 Å². The van der Waals surface area contributed by atoms with Crippen molar-refractivity contribution in [3.8, 4) is 0 Å². The van der Waals surface area contributed by atoms with Gasteiger partial charge in [0.1, 0.15) is 0 Å². The van der Waals surface area contributed by atoms with Crippen molar-refractivity contribution < 1.29 is 0 Å². The number of rotatable bonds is 3. The van der Waals surface area contributed by atoms with Crippen LogP contribution in [-0.2, 0) is 6.42 Å². The van der Waals surface area contributed by atoms with Crippen LogP contribution in [0.5, 0.6) is 0 Å². The second-order valence-electron chi connectivity index (χ2n) is 3.60. The lowest BCUT2D eigenvalue weighted by molar-refractivity contribution is 0.952. The Morgan fingerprint density at radius 3 is 2.92 bits per heavy atom. The molecule has 3 nitrogen and oxygen atoms in total. The van der Waals surface area contributed by atoms with E-state index in [2.05, 4.69) is 29.1 Å². The van der Waals surface area contributed by atoms with Crippen LogP contribution in [0.4, 0.5) is 5.95 Å². The highest BCUT2D eigenvalue weighted by Gasteiger charge is 2.21. The standard InChI is InChI=1S/C10H15N3/c1-3-9-7(2)6-11-10(13-9)12-8-4-5-8/h6,8H,3-5H2,1-2H3,(H,11,12,13). The van der Waals surface area contributed by atoms with Gasteiger partial charge in [0.15, 0.2) is 0 Å². The Labute approximate surface area is 78.6 Å². The monoisotopic (exact) mass is 177 g/mol. The summed E-state index contributed by atoms with van der Waals surface area (Å²) in [6.07, 6.45) is 5.40. The van der Waals surface area contributed by atoms with Crippen LogP contribution in [0.2, 0.25) is 0 Å². The molecule has 1 fully saturated rings. The van der Waals surface area contributed by atoms with Gasteiger partial charge in [0.2, 0.25) is 5.95 Å². The van der Waals surface area contributed by atoms with Crippen LogP contribution in [0, 0.1) is 6.92 Å². The molecule has 0 unspecified atom stereocenters. The second-order valence-corrected chi connectivity index (χ2v) is 3.60. The van der Waals surface area contributed by atoms with E-state index in [0.29, 0.717) is 6.04 Å². The number of nitrogens with zero attached hydrogens (tertiary/aromatic N) is 2. The molecule has 1 heterocycles. The van der Waals surface area contributed by atoms with E-state index in [1.807, 2.05) is 6.20 Å². The van der Waals surface area contributed by atoms with Crippen LogP contribution in [0.1, 0.15) is 31.0 Å². The lowest BCUT2D eigenvalue weighted by Gasteiger charge is -2.05. The van der Waals surface area contributed by atoms with Crippen molar-refractivity contribution in [2.75, 3.05) is 5.32 Å². The van der Waals surface area contributed by atoms with Crippen molar-refractivity contribution in [1.82, 2.24) is 9.97 Å². The van der Waals surface area contributed by atoms with Gasteiger partial charge in [-0.3, -0.25) is 0 Å². The Balaban J connectivity index is 2.16. The third kappa shape index (κ3) is 1.97. The largest absolute Gasteiger partial charge is 0.351 e. The number of hydrogen-bond acceptors (Lipinski definition) is 3. The van der Waals surface area contributed by atoms with E-state index in [-0.39, 0.29) is 0 Å². The molecule has 1 aliphatic carbocycles. The summed E-state index contributed by atoms with van der Waals surface area (Å²) in [7, 11) is 0. The van der Waals surface area contributed by atoms with E-state index in [4.69, 9.17) is 0 Å². The summed E-state index contributed by atoms with van der Waals surface area (Å²) < 4.78 is 0. The molecule has 0 aliphatic heterocycles. The molecule has 13 heavy (non-hydrogen) atoms. The fourth-order valence-corrected chi connectivity index (χ4v) is 1.32. The molecular formula is C10H15N3. The lowest BCUT2D eigenvalue weighted by atomic mass is 10.2. The molecule has 1 aromatic heterocycles. The van der Waals surface area contributed by atoms with E-state index in [0.717, 1.165) is 18.1 Å². The minimum atomic E-state index is 0.632. The molecule has 0 amide bonds. The van der Waals surface area contributed by atoms with Gasteiger partial charge in [-0.25, -0.2) is 9.97 Å². The number of nitrogens with one attached hydrogen (secondary N) is 1. The van der Waals surface area contributed by atoms with Crippen LogP contribution in [0.15, 0.2) is 6.20 Å². The molecule has 0 saturated heterocycles. The average Bonchev–Trinajstić information content (AvgIpc) is 2.92. The van der Waals surface area contributed by atoms with Gasteiger partial charge in [0.05, 0.1) is 0 Å². The maximum Gasteiger partial charge on any atom is 0.223 e. The van der Waals surface area contributed by atoms with Crippen molar-refractivity contribution in [1.29, 1.82) is 0 Å². The van der Waals surface area contributed by atoms with E-state index in [9.17, 15) is 0 Å². The number of aromatic nitrogens is 2. The molecule has 0 atom stereocenters. The Bertz CT molecular complexity index is 305. The molecule has 1 saturated carbocycles. The minimum Gasteiger partial charge on any atom is -0.351 e. The summed E-state index contributed by atoms with van der Waals surface area (Å²) in [4.78, 5) is 8.69. The molecule has 0 bridgehead atoms. The summed E-state index contributed by atoms with van der Waals surface area (Å²) in [6, 6.07) is 0.632. The fourth-order valence-electron chi connectivity index (χ4n) is 1.32. The third-order valence-corrected chi connectivity index (χ3v) is 2.32. The molecule has 0 spiro atoms. The highest BCUT2D eigenvalue weighted by Crippen LogP contribution is 2.23. The van der Waals surface area contributed by atoms with Gasteiger partial charge in [-0.2, -0.15) is 0 Å². The quantitative estimate of drug-likeness (QED) is 0.766. The van der Waals surface area contributed by atoms with Gasteiger partial charge in [0, 0.05) is 17.9 Å². The smallest absolute Gasteiger partial charge is 0.223 e. The molecule has 2 rings (SSSR count). The molecule has 70 valence electrons. The summed E-state index contributed by atoms with van der Waals surface area (Å²) in [6.45, 7) is 4.18. The molecule has 1 N–H and O–H groups in total. The zero-order valence-corrected chi connectivity index (χ0v) is 8.17. The van der Waals surface area contributed by atoms with Crippen molar-refractivity contribution in [2.45, 2.75) is 39.2 Å². The van der Waals surface area contributed by atoms with Gasteiger partial charge in [-0.1, -0.05) is 6.92 Å². The van der Waals surface area contributed by atoms with E-state index < -0.39 is 0 Å². The van der Waals surface area contributed by atoms with Crippen LogP contribution < -0.4 is 5.32 Å². The van der Waals surface area contributed by atoms with E-state index >= 15 is 0 Å². The summed E-state index contributed by atoms with van der Waals surface area (Å²) >= 11 is 0. The fraction of sp³-hybridized carbons (Fsp3) is 0.600. The van der Waals surface area contributed by atoms with E-state index in [1.54, 1.807) is 0 Å². The summed E-state index contributed by atoms with van der Waals surface area (Å²) in [5.74, 6) is 0.796. The SMILES string of the molecule is CCc1nc(NC2CC2)ncc1C. The van der Waals surface area contributed by atoms with Gasteiger partial charge < -0.3 is 5.32 Å². The lowest BCUT2D eigenvalue weighted by Crippen LogP contribution is -2.07. The van der Waals surface area contributed by atoms with Gasteiger partial charge in [-0.15, -0.1) is 0 Å². The molecule has 0 radical (unpaired) electrons. The third-order valence-electron chi connectivity index (χ3n) is 2.32. The van der Waals surface area contributed by atoms with Gasteiger partial charge in [0.25, 0.3) is 0 Å². The minimum absolute atomic E-state index is 0.632. The zero-order valence-electron chi connectivity index (χ0n) is 8.17. The van der Waals surface area contributed by atoms with E-state index in [1.165, 1.54) is 18.4 Å². The van der Waals surface area contributed by atoms with Crippen LogP contribution >= 0.6 is 0 Å². The highest BCUT2D eigenvalue weighted by atomic mass is 15.1. The Morgan fingerprint density at radius 2 is 2.31 bits per heavy atom. The Morgan fingerprint density at radius 1 is 1.54 bits per heavy atom. The number of hydrogen-bond donors (Lipinski definition) is 1. The maximum atomic E-state index is 4.45. The first kappa shape index (κ1) is 8.48. The Hall–Kier alpha value is -1.12. The van der Waals surface area contributed by atoms with Crippen LogP contribution in [0.25, 0.3) is 0 Å². The van der Waals surface area contributed by atoms with Crippen molar-refractivity contribution >= 4 is 5.95 Å². The maximum absolute atomic E-state index is 4.45. The predicted molar refractivity (Wildman–Crippen MR) is 52.8 cm³/mol. The Kier molecular flexibility index (Phi) is 2.17. The van der Waals surface area contributed by atoms with Gasteiger partial charge >= 0.3 is 0 Å². The molecular weight excluding hydrogens is 162 g/mol. The van der Waals surface area contributed by atoms with Crippen LogP contribution in [-0.4, -0.2) is 16.0 Å². The zero-order chi connectivity index (χ0) is 9.26. The average molecular weight is 177 g/mol. The van der Waals surface area contributed by atoms with Crippen LogP contribution in [0.3, 0.4) is 0 Å². The number of anilines is 1. The predicted octanol–water partition coefficient (Wildman–Crippen LogP) is 1.92. The molecule has 1 aliphatic rings. The molecule has 0 aromatic carbocycles. The normalized spacial score (nSPS) is 15.8. The van der Waals surface area contributed by atoms with Crippen molar-refractivity contribution in [2.24, 2.45) is 0 Å². The second kappa shape index (κ2) is 3.32. The van der Waals surface area contributed by atoms with Gasteiger partial charge in [-0.05, 0) is 31.7 Å². The summed E-state index contributed by atoms with van der Waals surface area (Å²) in [5, 5.41) is 3.30. The molecule has 3 heteroatoms. The first-order valence-electron chi connectivity index (χ1n) is 4.88. The first-order chi connectivity index (χ1) is 6.29. The number of aryl methyl sites for hydroxylation is 2. The molecule has 1 aromatic rings.